The van der Waals surface area contributed by atoms with E-state index in [2.05, 4.69) is 66.5 Å². The van der Waals surface area contributed by atoms with Crippen LogP contribution in [0.2, 0.25) is 0 Å². The van der Waals surface area contributed by atoms with E-state index in [1.807, 2.05) is 0 Å². The van der Waals surface area contributed by atoms with Gasteiger partial charge in [-0.15, -0.1) is 0 Å². The molecule has 2 bridgehead atoms. The predicted molar refractivity (Wildman–Crippen MR) is 112 cm³/mol. The summed E-state index contributed by atoms with van der Waals surface area (Å²) in [5.74, 6) is 0.186. The second kappa shape index (κ2) is 8.48. The normalized spacial score (nSPS) is 26.9. The summed E-state index contributed by atoms with van der Waals surface area (Å²) in [5.41, 5.74) is 4.08. The molecule has 2 aromatic carbocycles. The number of benzene rings is 2. The maximum Gasteiger partial charge on any atom is 0.310 e. The van der Waals surface area contributed by atoms with Crippen LogP contribution in [-0.2, 0) is 22.4 Å². The minimum absolute atomic E-state index is 0.0438. The number of nitrogens with zero attached hydrogens (tertiary/aromatic N) is 1. The number of aryl methyl sites for hydroxylation is 2. The summed E-state index contributed by atoms with van der Waals surface area (Å²) in [4.78, 5) is 15.0. The number of esters is 1. The van der Waals surface area contributed by atoms with E-state index in [4.69, 9.17) is 4.74 Å². The number of carbonyl (C=O) groups is 1. The molecule has 2 aromatic rings. The molecule has 0 amide bonds. The van der Waals surface area contributed by atoms with Gasteiger partial charge in [0.15, 0.2) is 0 Å². The van der Waals surface area contributed by atoms with Gasteiger partial charge < -0.3 is 4.74 Å². The zero-order chi connectivity index (χ0) is 19.5. The second-order valence-electron chi connectivity index (χ2n) is 8.44. The molecule has 3 heteroatoms. The van der Waals surface area contributed by atoms with E-state index >= 15 is 0 Å². The topological polar surface area (TPSA) is 29.5 Å². The minimum atomic E-state index is -0.0471. The van der Waals surface area contributed by atoms with Crippen molar-refractivity contribution in [1.82, 2.24) is 4.90 Å². The van der Waals surface area contributed by atoms with Crippen molar-refractivity contribution in [1.29, 1.82) is 0 Å². The van der Waals surface area contributed by atoms with Crippen molar-refractivity contribution < 1.29 is 9.53 Å². The maximum absolute atomic E-state index is 12.6. The lowest BCUT2D eigenvalue weighted by Crippen LogP contribution is -2.49. The lowest BCUT2D eigenvalue weighted by atomic mass is 9.76. The fourth-order valence-corrected chi connectivity index (χ4v) is 5.34. The van der Waals surface area contributed by atoms with E-state index in [9.17, 15) is 4.79 Å². The molecule has 0 aliphatic carbocycles. The van der Waals surface area contributed by atoms with Gasteiger partial charge in [0.1, 0.15) is 0 Å². The van der Waals surface area contributed by atoms with Crippen LogP contribution in [0.15, 0.2) is 54.6 Å². The molecule has 148 valence electrons. The van der Waals surface area contributed by atoms with Crippen LogP contribution in [-0.4, -0.2) is 37.1 Å². The Kier molecular flexibility index (Phi) is 5.82. The van der Waals surface area contributed by atoms with Gasteiger partial charge in [-0.3, -0.25) is 9.69 Å². The number of hydrogen-bond acceptors (Lipinski definition) is 3. The Morgan fingerprint density at radius 2 is 1.68 bits per heavy atom. The average Bonchev–Trinajstić information content (AvgIpc) is 2.97. The van der Waals surface area contributed by atoms with E-state index in [0.29, 0.717) is 12.1 Å². The van der Waals surface area contributed by atoms with Crippen molar-refractivity contribution in [3.63, 3.8) is 0 Å². The van der Waals surface area contributed by atoms with Crippen LogP contribution in [0.5, 0.6) is 0 Å². The van der Waals surface area contributed by atoms with Crippen molar-refractivity contribution in [3.05, 3.63) is 71.3 Å². The number of fused-ring (bicyclic) bond motifs is 2. The predicted octanol–water partition coefficient (Wildman–Crippen LogP) is 4.60. The Balaban J connectivity index is 1.43. The maximum atomic E-state index is 12.6. The third kappa shape index (κ3) is 3.86. The van der Waals surface area contributed by atoms with Gasteiger partial charge in [-0.2, -0.15) is 0 Å². The van der Waals surface area contributed by atoms with E-state index in [0.717, 1.165) is 32.1 Å². The minimum Gasteiger partial charge on any atom is -0.469 e. The van der Waals surface area contributed by atoms with Crippen LogP contribution < -0.4 is 0 Å². The molecule has 0 aromatic heterocycles. The number of carbonyl (C=O) groups excluding carboxylic acids is 1. The lowest BCUT2D eigenvalue weighted by Gasteiger charge is -2.41. The second-order valence-corrected chi connectivity index (χ2v) is 8.44. The van der Waals surface area contributed by atoms with Gasteiger partial charge in [0.2, 0.25) is 0 Å². The molecule has 2 fully saturated rings. The van der Waals surface area contributed by atoms with Crippen molar-refractivity contribution in [3.8, 4) is 0 Å². The molecular weight excluding hydrogens is 346 g/mol. The van der Waals surface area contributed by atoms with E-state index in [-0.39, 0.29) is 17.8 Å². The largest absolute Gasteiger partial charge is 0.469 e. The number of piperidine rings is 1. The summed E-state index contributed by atoms with van der Waals surface area (Å²) in [6.45, 7) is 0. The van der Waals surface area contributed by atoms with Gasteiger partial charge in [-0.05, 0) is 62.3 Å². The Labute approximate surface area is 168 Å². The lowest BCUT2D eigenvalue weighted by molar-refractivity contribution is -0.150. The molecule has 2 aliphatic heterocycles. The summed E-state index contributed by atoms with van der Waals surface area (Å²) in [7, 11) is 3.70. The van der Waals surface area contributed by atoms with Crippen LogP contribution in [0.1, 0.15) is 48.3 Å². The van der Waals surface area contributed by atoms with Crippen molar-refractivity contribution >= 4 is 5.97 Å². The molecule has 0 saturated carbocycles. The zero-order valence-corrected chi connectivity index (χ0v) is 17.0. The average molecular weight is 378 g/mol. The van der Waals surface area contributed by atoms with Gasteiger partial charge in [0.25, 0.3) is 0 Å². The third-order valence-corrected chi connectivity index (χ3v) is 6.92. The first-order valence-electron chi connectivity index (χ1n) is 10.6. The fraction of sp³-hybridized carbons (Fsp3) is 0.480. The van der Waals surface area contributed by atoms with Crippen LogP contribution >= 0.6 is 0 Å². The summed E-state index contributed by atoms with van der Waals surface area (Å²) in [6.07, 6.45) is 6.73. The summed E-state index contributed by atoms with van der Waals surface area (Å²) < 4.78 is 5.19. The Morgan fingerprint density at radius 1 is 1.00 bits per heavy atom. The van der Waals surface area contributed by atoms with Crippen LogP contribution in [0.25, 0.3) is 0 Å². The number of hydrogen-bond donors (Lipinski definition) is 0. The van der Waals surface area contributed by atoms with Gasteiger partial charge in [0, 0.05) is 18.0 Å². The molecule has 3 nitrogen and oxygen atoms in total. The number of ether oxygens (including phenoxy) is 1. The van der Waals surface area contributed by atoms with Crippen LogP contribution in [0.4, 0.5) is 0 Å². The molecule has 2 unspecified atom stereocenters. The van der Waals surface area contributed by atoms with Crippen molar-refractivity contribution in [2.45, 2.75) is 56.5 Å². The molecule has 0 spiro atoms. The summed E-state index contributed by atoms with van der Waals surface area (Å²) >= 11 is 0. The molecule has 4 atom stereocenters. The van der Waals surface area contributed by atoms with Gasteiger partial charge in [-0.1, -0.05) is 54.6 Å². The first-order chi connectivity index (χ1) is 13.7. The first-order valence-corrected chi connectivity index (χ1v) is 10.6. The summed E-state index contributed by atoms with van der Waals surface area (Å²) in [6, 6.07) is 20.6. The molecule has 2 heterocycles. The molecule has 2 saturated heterocycles. The van der Waals surface area contributed by atoms with Crippen molar-refractivity contribution in [2.24, 2.45) is 5.92 Å². The first kappa shape index (κ1) is 19.2. The zero-order valence-electron chi connectivity index (χ0n) is 17.0. The SMILES string of the molecule is COC(=O)C1C2CC[C@H](C[C@@H]1c1ccc(CCCc3ccccc3)cc1)N2C. The van der Waals surface area contributed by atoms with Crippen LogP contribution in [0, 0.1) is 5.92 Å². The standard InChI is InChI=1S/C25H31NO2/c1-26-21-15-16-23(26)24(25(27)28-2)22(17-21)20-13-11-19(12-14-20)10-6-9-18-7-4-3-5-8-18/h3-5,7-8,11-14,21-24H,6,9-10,15-17H2,1-2H3/t21-,22-,23?,24?/m1/s1. The molecule has 28 heavy (non-hydrogen) atoms. The molecular formula is C25H31NO2. The Bertz CT molecular complexity index is 786. The summed E-state index contributed by atoms with van der Waals surface area (Å²) in [5, 5.41) is 0. The smallest absolute Gasteiger partial charge is 0.310 e. The van der Waals surface area contributed by atoms with Crippen LogP contribution in [0.3, 0.4) is 0 Å². The molecule has 0 radical (unpaired) electrons. The Morgan fingerprint density at radius 3 is 2.36 bits per heavy atom. The van der Waals surface area contributed by atoms with Crippen molar-refractivity contribution in [2.75, 3.05) is 14.2 Å². The Hall–Kier alpha value is -2.13. The van der Waals surface area contributed by atoms with E-state index in [1.54, 1.807) is 0 Å². The van der Waals surface area contributed by atoms with Gasteiger partial charge >= 0.3 is 5.97 Å². The molecule has 2 aliphatic rings. The van der Waals surface area contributed by atoms with Gasteiger partial charge in [-0.25, -0.2) is 0 Å². The highest BCUT2D eigenvalue weighted by atomic mass is 16.5. The number of rotatable bonds is 6. The third-order valence-electron chi connectivity index (χ3n) is 6.92. The number of methoxy groups -OCH3 is 1. The quantitative estimate of drug-likeness (QED) is 0.689. The fourth-order valence-electron chi connectivity index (χ4n) is 5.34. The molecule has 4 rings (SSSR count). The molecule has 0 N–H and O–H groups in total. The van der Waals surface area contributed by atoms with Gasteiger partial charge in [0.05, 0.1) is 13.0 Å². The highest BCUT2D eigenvalue weighted by molar-refractivity contribution is 5.75. The highest BCUT2D eigenvalue weighted by Gasteiger charge is 2.49. The van der Waals surface area contributed by atoms with E-state index < -0.39 is 0 Å². The highest BCUT2D eigenvalue weighted by Crippen LogP contribution is 2.46. The van der Waals surface area contributed by atoms with E-state index in [1.165, 1.54) is 30.2 Å². The monoisotopic (exact) mass is 377 g/mol.